The zero-order valence-electron chi connectivity index (χ0n) is 11.3. The number of nitrogens with zero attached hydrogens (tertiary/aromatic N) is 1. The van der Waals surface area contributed by atoms with E-state index in [1.807, 2.05) is 0 Å². The van der Waals surface area contributed by atoms with Gasteiger partial charge in [-0.1, -0.05) is 23.8 Å². The molecule has 0 fully saturated rings. The number of carbonyl (C=O) groups is 2. The molecule has 1 N–H and O–H groups in total. The van der Waals surface area contributed by atoms with Crippen molar-refractivity contribution in [3.63, 3.8) is 0 Å². The predicted molar refractivity (Wildman–Crippen MR) is 73.8 cm³/mol. The summed E-state index contributed by atoms with van der Waals surface area (Å²) < 4.78 is 0. The number of hydrogen-bond acceptors (Lipinski definition) is 3. The van der Waals surface area contributed by atoms with E-state index in [0.717, 1.165) is 36.8 Å². The van der Waals surface area contributed by atoms with E-state index in [0.29, 0.717) is 12.0 Å². The number of phenolic OH excluding ortho intramolecular Hbond substituents is 1. The van der Waals surface area contributed by atoms with Gasteiger partial charge in [0.2, 0.25) is 5.91 Å². The first-order valence-corrected chi connectivity index (χ1v) is 6.99. The molecule has 1 heterocycles. The number of para-hydroxylation sites is 1. The van der Waals surface area contributed by atoms with Gasteiger partial charge in [0, 0.05) is 17.6 Å². The lowest BCUT2D eigenvalue weighted by molar-refractivity contribution is -0.144. The summed E-state index contributed by atoms with van der Waals surface area (Å²) in [4.78, 5) is 25.9. The van der Waals surface area contributed by atoms with Crippen molar-refractivity contribution >= 4 is 11.8 Å². The third kappa shape index (κ3) is 2.22. The van der Waals surface area contributed by atoms with Crippen LogP contribution in [-0.2, 0) is 16.1 Å². The standard InChI is InChI=1S/C16H17NO3/c18-14-8-4-2-6-12(14)10-17-15(19)9-11-5-1-3-7-13(11)16(17)20/h2,4,6,8,18H,1,3,5,7,9-10H2. The Morgan fingerprint density at radius 3 is 2.65 bits per heavy atom. The highest BCUT2D eigenvalue weighted by Crippen LogP contribution is 2.33. The zero-order valence-corrected chi connectivity index (χ0v) is 11.3. The van der Waals surface area contributed by atoms with E-state index in [9.17, 15) is 14.7 Å². The average molecular weight is 271 g/mol. The van der Waals surface area contributed by atoms with Crippen molar-refractivity contribution in [3.8, 4) is 5.75 Å². The van der Waals surface area contributed by atoms with Crippen molar-refractivity contribution in [1.82, 2.24) is 4.90 Å². The molecule has 104 valence electrons. The third-order valence-electron chi connectivity index (χ3n) is 4.07. The monoisotopic (exact) mass is 271 g/mol. The third-order valence-corrected chi connectivity index (χ3v) is 4.07. The van der Waals surface area contributed by atoms with Crippen LogP contribution in [0.2, 0.25) is 0 Å². The van der Waals surface area contributed by atoms with E-state index < -0.39 is 0 Å². The minimum absolute atomic E-state index is 0.122. The molecule has 2 amide bonds. The first kappa shape index (κ1) is 12.9. The largest absolute Gasteiger partial charge is 0.508 e. The molecule has 1 aromatic rings. The fraction of sp³-hybridized carbons (Fsp3) is 0.375. The van der Waals surface area contributed by atoms with Crippen molar-refractivity contribution in [2.45, 2.75) is 38.6 Å². The molecule has 20 heavy (non-hydrogen) atoms. The summed E-state index contributed by atoms with van der Waals surface area (Å²) >= 11 is 0. The molecule has 0 radical (unpaired) electrons. The van der Waals surface area contributed by atoms with E-state index >= 15 is 0 Å². The van der Waals surface area contributed by atoms with E-state index in [4.69, 9.17) is 0 Å². The highest BCUT2D eigenvalue weighted by molar-refractivity contribution is 6.08. The molecule has 4 nitrogen and oxygen atoms in total. The summed E-state index contributed by atoms with van der Waals surface area (Å²) in [6, 6.07) is 6.82. The van der Waals surface area contributed by atoms with Crippen LogP contribution in [0.25, 0.3) is 0 Å². The first-order chi connectivity index (χ1) is 9.66. The minimum Gasteiger partial charge on any atom is -0.508 e. The van der Waals surface area contributed by atoms with Crippen LogP contribution in [0.3, 0.4) is 0 Å². The number of amides is 2. The molecule has 0 bridgehead atoms. The maximum atomic E-state index is 12.5. The van der Waals surface area contributed by atoms with Crippen LogP contribution < -0.4 is 0 Å². The Labute approximate surface area is 117 Å². The Morgan fingerprint density at radius 2 is 1.85 bits per heavy atom. The Balaban J connectivity index is 1.87. The predicted octanol–water partition coefficient (Wildman–Crippen LogP) is 2.52. The van der Waals surface area contributed by atoms with Crippen LogP contribution in [0.1, 0.15) is 37.7 Å². The van der Waals surface area contributed by atoms with Gasteiger partial charge in [-0.05, 0) is 31.7 Å². The molecule has 0 saturated heterocycles. The molecule has 0 spiro atoms. The van der Waals surface area contributed by atoms with Gasteiger partial charge in [0.05, 0.1) is 6.54 Å². The highest BCUT2D eigenvalue weighted by Gasteiger charge is 2.34. The Hall–Kier alpha value is -2.10. The SMILES string of the molecule is O=C1CC2=C(CCCC2)C(=O)N1Cc1ccccc1O. The molecule has 4 heteroatoms. The van der Waals surface area contributed by atoms with E-state index in [-0.39, 0.29) is 24.1 Å². The normalized spacial score (nSPS) is 19.3. The molecule has 1 aliphatic carbocycles. The second-order valence-electron chi connectivity index (χ2n) is 5.38. The molecule has 1 aliphatic heterocycles. The molecular weight excluding hydrogens is 254 g/mol. The molecule has 0 saturated carbocycles. The van der Waals surface area contributed by atoms with Crippen molar-refractivity contribution in [2.24, 2.45) is 0 Å². The molecule has 0 unspecified atom stereocenters. The highest BCUT2D eigenvalue weighted by atomic mass is 16.3. The van der Waals surface area contributed by atoms with Gasteiger partial charge in [-0.25, -0.2) is 0 Å². The molecule has 1 aromatic carbocycles. The summed E-state index contributed by atoms with van der Waals surface area (Å²) in [5.74, 6) is -0.199. The number of imide groups is 1. The van der Waals surface area contributed by atoms with Crippen molar-refractivity contribution < 1.29 is 14.7 Å². The number of aromatic hydroxyl groups is 1. The van der Waals surface area contributed by atoms with Gasteiger partial charge in [0.25, 0.3) is 5.91 Å². The van der Waals surface area contributed by atoms with Crippen LogP contribution in [0.15, 0.2) is 35.4 Å². The fourth-order valence-electron chi connectivity index (χ4n) is 2.95. The number of rotatable bonds is 2. The maximum absolute atomic E-state index is 12.5. The smallest absolute Gasteiger partial charge is 0.256 e. The molecule has 0 atom stereocenters. The molecular formula is C16H17NO3. The van der Waals surface area contributed by atoms with Gasteiger partial charge in [-0.15, -0.1) is 0 Å². The van der Waals surface area contributed by atoms with Crippen LogP contribution >= 0.6 is 0 Å². The van der Waals surface area contributed by atoms with Gasteiger partial charge in [-0.2, -0.15) is 0 Å². The van der Waals surface area contributed by atoms with Crippen molar-refractivity contribution in [1.29, 1.82) is 0 Å². The van der Waals surface area contributed by atoms with Crippen molar-refractivity contribution in [2.75, 3.05) is 0 Å². The summed E-state index contributed by atoms with van der Waals surface area (Å²) in [5.41, 5.74) is 2.46. The Kier molecular flexibility index (Phi) is 3.30. The van der Waals surface area contributed by atoms with Gasteiger partial charge in [0.15, 0.2) is 0 Å². The first-order valence-electron chi connectivity index (χ1n) is 6.99. The Morgan fingerprint density at radius 1 is 1.10 bits per heavy atom. The van der Waals surface area contributed by atoms with E-state index in [1.54, 1.807) is 24.3 Å². The van der Waals surface area contributed by atoms with Gasteiger partial charge in [-0.3, -0.25) is 14.5 Å². The number of hydrogen-bond donors (Lipinski definition) is 1. The lowest BCUT2D eigenvalue weighted by atomic mass is 9.86. The lowest BCUT2D eigenvalue weighted by Crippen LogP contribution is -2.41. The van der Waals surface area contributed by atoms with Crippen LogP contribution in [-0.4, -0.2) is 21.8 Å². The summed E-state index contributed by atoms with van der Waals surface area (Å²) in [7, 11) is 0. The quantitative estimate of drug-likeness (QED) is 0.841. The Bertz CT molecular complexity index is 603. The van der Waals surface area contributed by atoms with Crippen LogP contribution in [0, 0.1) is 0 Å². The summed E-state index contributed by atoms with van der Waals surface area (Å²) in [6.45, 7) is 0.154. The lowest BCUT2D eigenvalue weighted by Gasteiger charge is -2.31. The van der Waals surface area contributed by atoms with Gasteiger partial charge in [0.1, 0.15) is 5.75 Å². The average Bonchev–Trinajstić information content (AvgIpc) is 2.45. The summed E-state index contributed by atoms with van der Waals surface area (Å²) in [5, 5.41) is 9.78. The molecule has 3 rings (SSSR count). The fourth-order valence-corrected chi connectivity index (χ4v) is 2.95. The number of benzene rings is 1. The molecule has 0 aromatic heterocycles. The van der Waals surface area contributed by atoms with Crippen LogP contribution in [0.5, 0.6) is 5.75 Å². The van der Waals surface area contributed by atoms with Gasteiger partial charge < -0.3 is 5.11 Å². The maximum Gasteiger partial charge on any atom is 0.256 e. The number of carbonyl (C=O) groups excluding carboxylic acids is 2. The van der Waals surface area contributed by atoms with Crippen LogP contribution in [0.4, 0.5) is 0 Å². The number of phenols is 1. The minimum atomic E-state index is -0.167. The topological polar surface area (TPSA) is 57.6 Å². The van der Waals surface area contributed by atoms with E-state index in [2.05, 4.69) is 0 Å². The van der Waals surface area contributed by atoms with E-state index in [1.165, 1.54) is 4.90 Å². The second-order valence-corrected chi connectivity index (χ2v) is 5.38. The zero-order chi connectivity index (χ0) is 14.1. The molecule has 2 aliphatic rings. The van der Waals surface area contributed by atoms with Gasteiger partial charge >= 0.3 is 0 Å². The van der Waals surface area contributed by atoms with Crippen molar-refractivity contribution in [3.05, 3.63) is 41.0 Å². The summed E-state index contributed by atoms with van der Waals surface area (Å²) in [6.07, 6.45) is 4.09. The second kappa shape index (κ2) is 5.12.